The monoisotopic (exact) mass is 402 g/mol. The van der Waals surface area contributed by atoms with Gasteiger partial charge in [0.2, 0.25) is 0 Å². The first-order valence-corrected chi connectivity index (χ1v) is 9.59. The molecule has 0 spiro atoms. The van der Waals surface area contributed by atoms with Gasteiger partial charge >= 0.3 is 0 Å². The number of nitrogens with zero attached hydrogens (tertiary/aromatic N) is 1. The summed E-state index contributed by atoms with van der Waals surface area (Å²) in [5.74, 6) is 2.28. The minimum atomic E-state index is -0.452. The summed E-state index contributed by atoms with van der Waals surface area (Å²) in [4.78, 5) is 17.1. The van der Waals surface area contributed by atoms with Crippen LogP contribution in [0.25, 0.3) is 16.8 Å². The number of amides is 1. The SMILES string of the molecule is C#CCOc1ccc2ccccc2c1/C=C1\SC(=Nc2ccccc2F)NC1=O. The topological polar surface area (TPSA) is 50.7 Å². The lowest BCUT2D eigenvalue weighted by molar-refractivity contribution is -0.115. The van der Waals surface area contributed by atoms with Gasteiger partial charge < -0.3 is 10.1 Å². The summed E-state index contributed by atoms with van der Waals surface area (Å²) in [5.41, 5.74) is 0.919. The van der Waals surface area contributed by atoms with E-state index in [0.29, 0.717) is 15.8 Å². The number of carbonyl (C=O) groups is 1. The molecule has 0 aromatic heterocycles. The van der Waals surface area contributed by atoms with Crippen LogP contribution in [0.15, 0.2) is 70.6 Å². The molecule has 142 valence electrons. The Labute approximate surface area is 171 Å². The van der Waals surface area contributed by atoms with Crippen LogP contribution >= 0.6 is 11.8 Å². The van der Waals surface area contributed by atoms with Crippen molar-refractivity contribution >= 4 is 45.4 Å². The van der Waals surface area contributed by atoms with Crippen LogP contribution in [0, 0.1) is 18.2 Å². The molecule has 0 bridgehead atoms. The molecule has 1 saturated heterocycles. The Morgan fingerprint density at radius 3 is 2.76 bits per heavy atom. The Morgan fingerprint density at radius 2 is 1.93 bits per heavy atom. The van der Waals surface area contributed by atoms with E-state index in [2.05, 4.69) is 16.2 Å². The number of ether oxygens (including phenoxy) is 1. The van der Waals surface area contributed by atoms with E-state index in [9.17, 15) is 9.18 Å². The zero-order valence-electron chi connectivity index (χ0n) is 15.2. The number of carbonyl (C=O) groups excluding carboxylic acids is 1. The fourth-order valence-electron chi connectivity index (χ4n) is 2.93. The second-order valence-corrected chi connectivity index (χ2v) is 7.16. The van der Waals surface area contributed by atoms with Crippen LogP contribution in [0.1, 0.15) is 5.56 Å². The average molecular weight is 402 g/mol. The van der Waals surface area contributed by atoms with Gasteiger partial charge in [-0.1, -0.05) is 48.4 Å². The van der Waals surface area contributed by atoms with Crippen molar-refractivity contribution in [3.05, 3.63) is 76.9 Å². The van der Waals surface area contributed by atoms with Crippen molar-refractivity contribution in [1.82, 2.24) is 5.32 Å². The van der Waals surface area contributed by atoms with Gasteiger partial charge in [-0.25, -0.2) is 9.38 Å². The predicted octanol–water partition coefficient (Wildman–Crippen LogP) is 4.88. The highest BCUT2D eigenvalue weighted by atomic mass is 32.2. The van der Waals surface area contributed by atoms with E-state index in [1.807, 2.05) is 36.4 Å². The van der Waals surface area contributed by atoms with Gasteiger partial charge in [0.15, 0.2) is 5.17 Å². The lowest BCUT2D eigenvalue weighted by atomic mass is 10.0. The summed E-state index contributed by atoms with van der Waals surface area (Å²) in [6, 6.07) is 17.7. The number of halogens is 1. The third-order valence-electron chi connectivity index (χ3n) is 4.24. The van der Waals surface area contributed by atoms with Crippen LogP contribution in [0.4, 0.5) is 10.1 Å². The predicted molar refractivity (Wildman–Crippen MR) is 115 cm³/mol. The summed E-state index contributed by atoms with van der Waals surface area (Å²) in [6.45, 7) is 0.119. The van der Waals surface area contributed by atoms with Crippen molar-refractivity contribution in [2.24, 2.45) is 4.99 Å². The molecule has 4 rings (SSSR count). The molecule has 1 aliphatic heterocycles. The number of fused-ring (bicyclic) bond motifs is 1. The maximum Gasteiger partial charge on any atom is 0.264 e. The second kappa shape index (κ2) is 8.21. The van der Waals surface area contributed by atoms with Gasteiger partial charge in [-0.05, 0) is 46.8 Å². The molecule has 0 saturated carbocycles. The normalized spacial score (nSPS) is 16.2. The quantitative estimate of drug-likeness (QED) is 0.500. The van der Waals surface area contributed by atoms with Gasteiger partial charge in [-0.15, -0.1) is 6.42 Å². The summed E-state index contributed by atoms with van der Waals surface area (Å²) >= 11 is 1.15. The van der Waals surface area contributed by atoms with Crippen LogP contribution in [0.2, 0.25) is 0 Å². The first kappa shape index (κ1) is 18.8. The Bertz CT molecular complexity index is 1210. The van der Waals surface area contributed by atoms with Crippen molar-refractivity contribution in [1.29, 1.82) is 0 Å². The van der Waals surface area contributed by atoms with Gasteiger partial charge in [0.05, 0.1) is 4.91 Å². The highest BCUT2D eigenvalue weighted by Crippen LogP contribution is 2.34. The molecule has 0 atom stereocenters. The second-order valence-electron chi connectivity index (χ2n) is 6.12. The highest BCUT2D eigenvalue weighted by molar-refractivity contribution is 8.18. The molecule has 3 aromatic carbocycles. The zero-order chi connectivity index (χ0) is 20.2. The highest BCUT2D eigenvalue weighted by Gasteiger charge is 2.25. The van der Waals surface area contributed by atoms with E-state index in [4.69, 9.17) is 11.2 Å². The smallest absolute Gasteiger partial charge is 0.264 e. The van der Waals surface area contributed by atoms with Gasteiger partial charge in [0.1, 0.15) is 23.9 Å². The Kier molecular flexibility index (Phi) is 5.32. The van der Waals surface area contributed by atoms with Crippen molar-refractivity contribution in [3.63, 3.8) is 0 Å². The molecule has 4 nitrogen and oxygen atoms in total. The molecular weight excluding hydrogens is 387 g/mol. The number of thioether (sulfide) groups is 1. The summed E-state index contributed by atoms with van der Waals surface area (Å²) in [7, 11) is 0. The molecule has 1 aliphatic rings. The number of amidine groups is 1. The number of para-hydroxylation sites is 1. The third-order valence-corrected chi connectivity index (χ3v) is 5.15. The number of aliphatic imine (C=N–C) groups is 1. The number of terminal acetylenes is 1. The standard InChI is InChI=1S/C23H15FN2O2S/c1-2-13-28-20-12-11-15-7-3-4-8-16(15)17(20)14-21-22(27)26-23(29-21)25-19-10-6-5-9-18(19)24/h1,3-12,14H,13H2,(H,25,26,27)/b21-14-. The largest absolute Gasteiger partial charge is 0.480 e. The lowest BCUT2D eigenvalue weighted by Gasteiger charge is -2.10. The molecule has 3 aromatic rings. The number of nitrogens with one attached hydrogen (secondary N) is 1. The van der Waals surface area contributed by atoms with Crippen molar-refractivity contribution in [2.45, 2.75) is 0 Å². The molecule has 6 heteroatoms. The molecule has 0 radical (unpaired) electrons. The average Bonchev–Trinajstić information content (AvgIpc) is 3.08. The van der Waals surface area contributed by atoms with Gasteiger partial charge in [0, 0.05) is 5.56 Å². The minimum Gasteiger partial charge on any atom is -0.480 e. The van der Waals surface area contributed by atoms with Crippen LogP contribution in [0.5, 0.6) is 5.75 Å². The fourth-order valence-corrected chi connectivity index (χ4v) is 3.75. The Morgan fingerprint density at radius 1 is 1.14 bits per heavy atom. The van der Waals surface area contributed by atoms with Crippen LogP contribution in [-0.2, 0) is 4.79 Å². The van der Waals surface area contributed by atoms with Crippen molar-refractivity contribution in [2.75, 3.05) is 6.61 Å². The number of benzene rings is 3. The molecule has 29 heavy (non-hydrogen) atoms. The number of rotatable bonds is 4. The maximum absolute atomic E-state index is 13.9. The van der Waals surface area contributed by atoms with E-state index in [1.54, 1.807) is 24.3 Å². The van der Waals surface area contributed by atoms with Gasteiger partial charge in [-0.3, -0.25) is 4.79 Å². The van der Waals surface area contributed by atoms with E-state index >= 15 is 0 Å². The molecule has 0 aliphatic carbocycles. The van der Waals surface area contributed by atoms with E-state index in [-0.39, 0.29) is 18.2 Å². The van der Waals surface area contributed by atoms with Gasteiger partial charge in [-0.2, -0.15) is 0 Å². The number of hydrogen-bond donors (Lipinski definition) is 1. The van der Waals surface area contributed by atoms with Gasteiger partial charge in [0.25, 0.3) is 5.91 Å². The molecule has 1 heterocycles. The third kappa shape index (κ3) is 4.00. The first-order valence-electron chi connectivity index (χ1n) is 8.78. The molecule has 1 N–H and O–H groups in total. The summed E-state index contributed by atoms with van der Waals surface area (Å²) in [6.07, 6.45) is 7.07. The summed E-state index contributed by atoms with van der Waals surface area (Å²) in [5, 5.41) is 4.94. The van der Waals surface area contributed by atoms with E-state index < -0.39 is 5.82 Å². The van der Waals surface area contributed by atoms with Crippen LogP contribution in [0.3, 0.4) is 0 Å². The lowest BCUT2D eigenvalue weighted by Crippen LogP contribution is -2.19. The van der Waals surface area contributed by atoms with E-state index in [1.165, 1.54) is 6.07 Å². The fraction of sp³-hybridized carbons (Fsp3) is 0.0435. The Balaban J connectivity index is 1.74. The molecule has 1 amide bonds. The van der Waals surface area contributed by atoms with Crippen LogP contribution < -0.4 is 10.1 Å². The van der Waals surface area contributed by atoms with Crippen molar-refractivity contribution < 1.29 is 13.9 Å². The molecular formula is C23H15FN2O2S. The Hall–Kier alpha value is -3.56. The summed E-state index contributed by atoms with van der Waals surface area (Å²) < 4.78 is 19.5. The molecule has 0 unspecified atom stereocenters. The van der Waals surface area contributed by atoms with Crippen LogP contribution in [-0.4, -0.2) is 17.7 Å². The van der Waals surface area contributed by atoms with E-state index in [0.717, 1.165) is 28.1 Å². The first-order chi connectivity index (χ1) is 14.2. The number of hydrogen-bond acceptors (Lipinski definition) is 4. The maximum atomic E-state index is 13.9. The zero-order valence-corrected chi connectivity index (χ0v) is 16.0. The van der Waals surface area contributed by atoms with Crippen molar-refractivity contribution in [3.8, 4) is 18.1 Å². The molecule has 1 fully saturated rings. The minimum absolute atomic E-state index is 0.119.